The molecule has 2 aliphatic carbocycles. The molecule has 13 nitrogen and oxygen atoms in total. The van der Waals surface area contributed by atoms with Gasteiger partial charge in [0, 0.05) is 25.5 Å². The fourth-order valence-corrected chi connectivity index (χ4v) is 15.5. The molecule has 2 N–H and O–H groups in total. The highest BCUT2D eigenvalue weighted by atomic mass is 32.2. The zero-order valence-corrected chi connectivity index (χ0v) is 49.7. The smallest absolute Gasteiger partial charge is 0.430 e. The molecule has 0 amide bonds. The number of sulfonamides is 2. The van der Waals surface area contributed by atoms with Crippen LogP contribution < -0.4 is 9.44 Å². The molecule has 0 saturated heterocycles. The van der Waals surface area contributed by atoms with Gasteiger partial charge in [0.1, 0.15) is 34.8 Å². The summed E-state index contributed by atoms with van der Waals surface area (Å²) in [6.45, 7) is 0.640. The summed E-state index contributed by atoms with van der Waals surface area (Å²) >= 11 is 0. The molecule has 2 fully saturated rings. The van der Waals surface area contributed by atoms with Crippen LogP contribution in [0.4, 0.5) is 4.79 Å². The van der Waals surface area contributed by atoms with E-state index in [1.54, 1.807) is 0 Å². The molecule has 0 aliphatic heterocycles. The molecule has 8 aromatic rings. The van der Waals surface area contributed by atoms with Crippen molar-refractivity contribution in [3.63, 3.8) is 0 Å². The van der Waals surface area contributed by atoms with Crippen LogP contribution >= 0.6 is 0 Å². The summed E-state index contributed by atoms with van der Waals surface area (Å²) in [7, 11) is -7.86. The molecular weight excluding hydrogens is 1090 g/mol. The van der Waals surface area contributed by atoms with Gasteiger partial charge in [-0.25, -0.2) is 41.0 Å². The highest BCUT2D eigenvalue weighted by molar-refractivity contribution is 7.89. The second kappa shape index (κ2) is 28.6. The van der Waals surface area contributed by atoms with Crippen molar-refractivity contribution in [3.05, 3.63) is 252 Å². The van der Waals surface area contributed by atoms with E-state index >= 15 is 0 Å². The number of aromatic nitrogens is 4. The van der Waals surface area contributed by atoms with E-state index in [0.29, 0.717) is 38.8 Å². The molecule has 6 aromatic carbocycles. The van der Waals surface area contributed by atoms with Crippen molar-refractivity contribution >= 4 is 26.2 Å². The number of nitrogens with one attached hydrogen (secondary N) is 2. The molecule has 84 heavy (non-hydrogen) atoms. The summed E-state index contributed by atoms with van der Waals surface area (Å²) < 4.78 is 77.9. The number of benzene rings is 6. The molecule has 15 heteroatoms. The average molecular weight is 1170 g/mol. The first-order valence-corrected chi connectivity index (χ1v) is 33.5. The number of hydrogen-bond donors (Lipinski definition) is 2. The van der Waals surface area contributed by atoms with Crippen LogP contribution in [0.1, 0.15) is 135 Å². The Bertz CT molecular complexity index is 3080. The maximum atomic E-state index is 14.2. The van der Waals surface area contributed by atoms with Gasteiger partial charge in [-0.3, -0.25) is 0 Å². The van der Waals surface area contributed by atoms with Crippen molar-refractivity contribution in [2.45, 2.75) is 126 Å². The minimum Gasteiger partial charge on any atom is -0.430 e. The predicted octanol–water partition coefficient (Wildman–Crippen LogP) is 13.0. The topological polar surface area (TPSA) is 164 Å². The van der Waals surface area contributed by atoms with E-state index < -0.39 is 61.0 Å². The molecule has 2 unspecified atom stereocenters. The van der Waals surface area contributed by atoms with E-state index in [2.05, 4.69) is 91.4 Å². The number of carbonyl (C=O) groups is 1. The predicted molar refractivity (Wildman–Crippen MR) is 331 cm³/mol. The van der Waals surface area contributed by atoms with Crippen LogP contribution in [-0.2, 0) is 53.4 Å². The fraction of sp³-hybridized carbons (Fsp3) is 0.377. The van der Waals surface area contributed by atoms with E-state index in [0.717, 1.165) is 109 Å². The van der Waals surface area contributed by atoms with E-state index in [1.165, 1.54) is 0 Å². The maximum Gasteiger partial charge on any atom is 0.508 e. The van der Waals surface area contributed by atoms with E-state index in [4.69, 9.17) is 19.4 Å². The van der Waals surface area contributed by atoms with Gasteiger partial charge >= 0.3 is 6.16 Å². The summed E-state index contributed by atoms with van der Waals surface area (Å²) in [5.74, 6) is -0.476. The van der Waals surface area contributed by atoms with Gasteiger partial charge in [-0.1, -0.05) is 221 Å². The second-order valence-corrected chi connectivity index (χ2v) is 26.6. The Morgan fingerprint density at radius 3 is 1.02 bits per heavy atom. The zero-order chi connectivity index (χ0) is 58.1. The number of aryl methyl sites for hydroxylation is 2. The van der Waals surface area contributed by atoms with Gasteiger partial charge in [0.25, 0.3) is 0 Å². The van der Waals surface area contributed by atoms with Crippen LogP contribution in [0.5, 0.6) is 0 Å². The lowest BCUT2D eigenvalue weighted by Gasteiger charge is -2.37. The molecule has 10 rings (SSSR count). The lowest BCUT2D eigenvalue weighted by atomic mass is 9.77. The number of imidazole rings is 2. The third kappa shape index (κ3) is 15.0. The van der Waals surface area contributed by atoms with Gasteiger partial charge in [-0.05, 0) is 109 Å². The fourth-order valence-electron chi connectivity index (χ4n) is 12.9. The first-order chi connectivity index (χ1) is 41.0. The molecular formula is C69H80N6O7S2. The Balaban J connectivity index is 0.876. The highest BCUT2D eigenvalue weighted by Crippen LogP contribution is 2.43. The molecule has 2 aromatic heterocycles. The normalized spacial score (nSPS) is 15.5. The van der Waals surface area contributed by atoms with Gasteiger partial charge in [0.05, 0.1) is 24.0 Å². The van der Waals surface area contributed by atoms with Crippen molar-refractivity contribution in [1.82, 2.24) is 28.5 Å². The lowest BCUT2D eigenvalue weighted by Crippen LogP contribution is -2.39. The van der Waals surface area contributed by atoms with Crippen molar-refractivity contribution in [1.29, 1.82) is 0 Å². The average Bonchev–Trinajstić information content (AvgIpc) is 2.36. The van der Waals surface area contributed by atoms with Gasteiger partial charge in [0.15, 0.2) is 0 Å². The van der Waals surface area contributed by atoms with Crippen molar-refractivity contribution in [2.24, 2.45) is 11.8 Å². The number of hydrogen-bond acceptors (Lipinski definition) is 9. The summed E-state index contributed by atoms with van der Waals surface area (Å²) in [5, 5.41) is 0. The molecule has 2 aliphatic rings. The quantitative estimate of drug-likeness (QED) is 0.0359. The van der Waals surface area contributed by atoms with Crippen LogP contribution in [0.25, 0.3) is 0 Å². The number of carbonyl (C=O) groups excluding carboxylic acids is 1. The summed E-state index contributed by atoms with van der Waals surface area (Å²) in [5.41, 5.74) is 6.36. The van der Waals surface area contributed by atoms with Crippen LogP contribution in [-0.4, -0.2) is 78.9 Å². The molecule has 0 spiro atoms. The van der Waals surface area contributed by atoms with Crippen LogP contribution in [0.2, 0.25) is 0 Å². The Morgan fingerprint density at radius 1 is 0.452 bits per heavy atom. The summed E-state index contributed by atoms with van der Waals surface area (Å²) in [4.78, 5) is 24.1. The van der Waals surface area contributed by atoms with Gasteiger partial charge in [0.2, 0.25) is 20.0 Å². The Labute approximate surface area is 497 Å². The standard InChI is InChI=1S/C69H80N6O7S2/c76-67(81-65(51-83(77,78)72-47-55-27-9-1-10-28-55)45-25-43-63-49-74(53-70-63)68(57-31-13-3-14-32-57,58-33-15-4-16-34-58)59-35-17-5-18-36-59)82-66(52-84(79,80)73-48-56-29-11-2-12-30-56)46-26-44-64-50-75(54-71-64)69(60-37-19-6-20-38-60,61-39-21-7-22-40-61)62-41-23-8-24-42-62/h3-8,13-24,31-42,49-50,53-56,65-66,72-73H,1-2,9-12,25-30,43-48,51-52H2. The van der Waals surface area contributed by atoms with Crippen LogP contribution in [0, 0.1) is 11.8 Å². The lowest BCUT2D eigenvalue weighted by molar-refractivity contribution is 0.00453. The highest BCUT2D eigenvalue weighted by Gasteiger charge is 2.40. The van der Waals surface area contributed by atoms with E-state index in [-0.39, 0.29) is 24.7 Å². The monoisotopic (exact) mass is 1170 g/mol. The van der Waals surface area contributed by atoms with Gasteiger partial charge < -0.3 is 18.6 Å². The molecule has 2 saturated carbocycles. The second-order valence-electron chi connectivity index (χ2n) is 22.9. The SMILES string of the molecule is O=C(OC(CCCc1cn(C(c2ccccc2)(c2ccccc2)c2ccccc2)cn1)CS(=O)(=O)NCC1CCCCC1)OC(CCCc1cn(C(c2ccccc2)(c2ccccc2)c2ccccc2)cn1)CS(=O)(=O)NCC1CCCCC1. The van der Waals surface area contributed by atoms with Crippen molar-refractivity contribution < 1.29 is 31.1 Å². The minimum absolute atomic E-state index is 0.179. The minimum atomic E-state index is -3.93. The van der Waals surface area contributed by atoms with Crippen LogP contribution in [0.15, 0.2) is 207 Å². The zero-order valence-electron chi connectivity index (χ0n) is 48.0. The summed E-state index contributed by atoms with van der Waals surface area (Å²) in [6.07, 6.45) is 17.0. The first-order valence-electron chi connectivity index (χ1n) is 30.2. The molecule has 0 bridgehead atoms. The molecule has 0 radical (unpaired) electrons. The summed E-state index contributed by atoms with van der Waals surface area (Å²) in [6, 6.07) is 62.1. The van der Waals surface area contributed by atoms with Gasteiger partial charge in [-0.15, -0.1) is 0 Å². The Morgan fingerprint density at radius 2 is 0.738 bits per heavy atom. The van der Waals surface area contributed by atoms with Crippen LogP contribution in [0.3, 0.4) is 0 Å². The third-order valence-electron chi connectivity index (χ3n) is 17.1. The molecule has 2 heterocycles. The molecule has 440 valence electrons. The molecule has 2 atom stereocenters. The third-order valence-corrected chi connectivity index (χ3v) is 19.9. The Hall–Kier alpha value is -7.17. The van der Waals surface area contributed by atoms with Crippen molar-refractivity contribution in [2.75, 3.05) is 24.6 Å². The maximum absolute atomic E-state index is 14.2. The number of ether oxygens (including phenoxy) is 2. The Kier molecular flexibility index (Phi) is 20.4. The van der Waals surface area contributed by atoms with E-state index in [9.17, 15) is 21.6 Å². The van der Waals surface area contributed by atoms with Gasteiger partial charge in [-0.2, -0.15) is 0 Å². The first kappa shape index (κ1) is 60.0. The van der Waals surface area contributed by atoms with E-state index in [1.807, 2.05) is 134 Å². The number of nitrogens with zero attached hydrogens (tertiary/aromatic N) is 4. The largest absolute Gasteiger partial charge is 0.508 e. The van der Waals surface area contributed by atoms with Crippen molar-refractivity contribution in [3.8, 4) is 0 Å². The number of rotatable bonds is 28.